The monoisotopic (exact) mass is 255 g/mol. The molecule has 3 nitrogen and oxygen atoms in total. The number of anilines is 1. The van der Waals surface area contributed by atoms with Crippen LogP contribution < -0.4 is 5.32 Å². The molecule has 0 atom stereocenters. The van der Waals surface area contributed by atoms with Gasteiger partial charge in [0.2, 0.25) is 0 Å². The molecule has 0 unspecified atom stereocenters. The van der Waals surface area contributed by atoms with Crippen LogP contribution in [0.25, 0.3) is 10.8 Å². The second kappa shape index (κ2) is 5.55. The molecule has 1 aliphatic carbocycles. The van der Waals surface area contributed by atoms with Gasteiger partial charge in [-0.2, -0.15) is 5.10 Å². The Morgan fingerprint density at radius 1 is 1.05 bits per heavy atom. The highest BCUT2D eigenvalue weighted by Crippen LogP contribution is 2.26. The molecule has 1 fully saturated rings. The van der Waals surface area contributed by atoms with Gasteiger partial charge in [0, 0.05) is 17.3 Å². The Morgan fingerprint density at radius 2 is 1.79 bits per heavy atom. The molecule has 1 heterocycles. The quantitative estimate of drug-likeness (QED) is 0.903. The lowest BCUT2D eigenvalue weighted by Gasteiger charge is -2.22. The van der Waals surface area contributed by atoms with E-state index in [-0.39, 0.29) is 0 Å². The first-order valence-corrected chi connectivity index (χ1v) is 7.30. The van der Waals surface area contributed by atoms with Gasteiger partial charge in [-0.1, -0.05) is 43.5 Å². The van der Waals surface area contributed by atoms with E-state index in [4.69, 9.17) is 0 Å². The van der Waals surface area contributed by atoms with Gasteiger partial charge in [0.05, 0.1) is 5.69 Å². The summed E-state index contributed by atoms with van der Waals surface area (Å²) >= 11 is 0. The molecular weight excluding hydrogens is 234 g/mol. The van der Waals surface area contributed by atoms with Gasteiger partial charge >= 0.3 is 0 Å². The number of fused-ring (bicyclic) bond motifs is 1. The first-order valence-electron chi connectivity index (χ1n) is 7.30. The molecule has 1 saturated carbocycles. The second-order valence-electron chi connectivity index (χ2n) is 5.56. The van der Waals surface area contributed by atoms with Crippen molar-refractivity contribution in [2.24, 2.45) is 5.92 Å². The third-order valence-corrected chi connectivity index (χ3v) is 4.15. The average molecular weight is 255 g/mol. The molecule has 1 aromatic heterocycles. The zero-order chi connectivity index (χ0) is 13.1. The van der Waals surface area contributed by atoms with Gasteiger partial charge in [0.25, 0.3) is 0 Å². The number of aromatic nitrogens is 2. The highest BCUT2D eigenvalue weighted by atomic mass is 15.2. The molecule has 100 valence electrons. The van der Waals surface area contributed by atoms with Gasteiger partial charge in [-0.05, 0) is 25.7 Å². The third-order valence-electron chi connectivity index (χ3n) is 4.15. The van der Waals surface area contributed by atoms with Crippen molar-refractivity contribution in [2.75, 3.05) is 11.9 Å². The average Bonchev–Trinajstić information content (AvgIpc) is 2.48. The lowest BCUT2D eigenvalue weighted by atomic mass is 9.89. The van der Waals surface area contributed by atoms with Gasteiger partial charge in [-0.3, -0.25) is 0 Å². The topological polar surface area (TPSA) is 37.8 Å². The SMILES string of the molecule is Cc1nnc(NCC2CCCCC2)c2ccccc12. The molecule has 0 amide bonds. The minimum Gasteiger partial charge on any atom is -0.368 e. The molecule has 0 aliphatic heterocycles. The maximum Gasteiger partial charge on any atom is 0.156 e. The molecule has 3 heteroatoms. The van der Waals surface area contributed by atoms with Gasteiger partial charge < -0.3 is 5.32 Å². The van der Waals surface area contributed by atoms with E-state index in [0.29, 0.717) is 0 Å². The summed E-state index contributed by atoms with van der Waals surface area (Å²) in [5.41, 5.74) is 0.999. The first kappa shape index (κ1) is 12.4. The van der Waals surface area contributed by atoms with Crippen molar-refractivity contribution < 1.29 is 0 Å². The number of nitrogens with one attached hydrogen (secondary N) is 1. The van der Waals surface area contributed by atoms with Crippen LogP contribution in [0.5, 0.6) is 0 Å². The fourth-order valence-corrected chi connectivity index (χ4v) is 3.00. The van der Waals surface area contributed by atoms with Crippen LogP contribution in [0.1, 0.15) is 37.8 Å². The number of nitrogens with zero attached hydrogens (tertiary/aromatic N) is 2. The highest BCUT2D eigenvalue weighted by Gasteiger charge is 2.14. The molecule has 0 spiro atoms. The summed E-state index contributed by atoms with van der Waals surface area (Å²) in [5, 5.41) is 14.5. The maximum atomic E-state index is 4.33. The zero-order valence-corrected chi connectivity index (χ0v) is 11.5. The fraction of sp³-hybridized carbons (Fsp3) is 0.500. The van der Waals surface area contributed by atoms with E-state index in [1.165, 1.54) is 42.9 Å². The van der Waals surface area contributed by atoms with Crippen LogP contribution in [0.2, 0.25) is 0 Å². The number of rotatable bonds is 3. The molecule has 0 bridgehead atoms. The Kier molecular flexibility index (Phi) is 3.62. The van der Waals surface area contributed by atoms with Crippen molar-refractivity contribution in [1.82, 2.24) is 10.2 Å². The standard InChI is InChI=1S/C16H21N3/c1-12-14-9-5-6-10-15(14)16(19-18-12)17-11-13-7-3-2-4-8-13/h5-6,9-10,13H,2-4,7-8,11H2,1H3,(H,17,19). The van der Waals surface area contributed by atoms with Crippen LogP contribution in [0.3, 0.4) is 0 Å². The van der Waals surface area contributed by atoms with Crippen LogP contribution in [-0.4, -0.2) is 16.7 Å². The summed E-state index contributed by atoms with van der Waals surface area (Å²) in [6.07, 6.45) is 6.87. The number of hydrogen-bond acceptors (Lipinski definition) is 3. The van der Waals surface area contributed by atoms with Crippen molar-refractivity contribution in [3.63, 3.8) is 0 Å². The van der Waals surface area contributed by atoms with Crippen molar-refractivity contribution in [1.29, 1.82) is 0 Å². The van der Waals surface area contributed by atoms with E-state index in [1.54, 1.807) is 0 Å². The van der Waals surface area contributed by atoms with E-state index in [0.717, 1.165) is 24.0 Å². The maximum absolute atomic E-state index is 4.33. The Labute approximate surface area is 114 Å². The van der Waals surface area contributed by atoms with Crippen LogP contribution >= 0.6 is 0 Å². The Bertz CT molecular complexity index is 559. The van der Waals surface area contributed by atoms with Crippen molar-refractivity contribution >= 4 is 16.6 Å². The van der Waals surface area contributed by atoms with Crippen molar-refractivity contribution in [2.45, 2.75) is 39.0 Å². The predicted octanol–water partition coefficient (Wildman–Crippen LogP) is 3.93. The predicted molar refractivity (Wildman–Crippen MR) is 79.3 cm³/mol. The Hall–Kier alpha value is -1.64. The van der Waals surface area contributed by atoms with Crippen molar-refractivity contribution in [3.05, 3.63) is 30.0 Å². The van der Waals surface area contributed by atoms with Crippen molar-refractivity contribution in [3.8, 4) is 0 Å². The highest BCUT2D eigenvalue weighted by molar-refractivity contribution is 5.92. The summed E-state index contributed by atoms with van der Waals surface area (Å²) in [5.74, 6) is 1.74. The van der Waals surface area contributed by atoms with Crippen LogP contribution in [0.4, 0.5) is 5.82 Å². The minimum atomic E-state index is 0.801. The smallest absolute Gasteiger partial charge is 0.156 e. The summed E-state index contributed by atoms with van der Waals surface area (Å²) in [6.45, 7) is 3.04. The van der Waals surface area contributed by atoms with Crippen LogP contribution in [0.15, 0.2) is 24.3 Å². The zero-order valence-electron chi connectivity index (χ0n) is 11.5. The third kappa shape index (κ3) is 2.70. The minimum absolute atomic E-state index is 0.801. The van der Waals surface area contributed by atoms with Gasteiger partial charge in [0.15, 0.2) is 5.82 Å². The van der Waals surface area contributed by atoms with Gasteiger partial charge in [-0.25, -0.2) is 0 Å². The van der Waals surface area contributed by atoms with Gasteiger partial charge in [-0.15, -0.1) is 5.10 Å². The largest absolute Gasteiger partial charge is 0.368 e. The molecule has 0 radical (unpaired) electrons. The number of benzene rings is 1. The molecule has 3 rings (SSSR count). The summed E-state index contributed by atoms with van der Waals surface area (Å²) < 4.78 is 0. The lowest BCUT2D eigenvalue weighted by molar-refractivity contribution is 0.373. The van der Waals surface area contributed by atoms with E-state index in [9.17, 15) is 0 Å². The second-order valence-corrected chi connectivity index (χ2v) is 5.56. The summed E-state index contributed by atoms with van der Waals surface area (Å²) in [4.78, 5) is 0. The van der Waals surface area contributed by atoms with E-state index < -0.39 is 0 Å². The van der Waals surface area contributed by atoms with E-state index >= 15 is 0 Å². The summed E-state index contributed by atoms with van der Waals surface area (Å²) in [7, 11) is 0. The lowest BCUT2D eigenvalue weighted by Crippen LogP contribution is -2.18. The first-order chi connectivity index (χ1) is 9.34. The summed E-state index contributed by atoms with van der Waals surface area (Å²) in [6, 6.07) is 8.36. The molecular formula is C16H21N3. The number of hydrogen-bond donors (Lipinski definition) is 1. The Balaban J connectivity index is 1.79. The Morgan fingerprint density at radius 3 is 2.58 bits per heavy atom. The molecule has 1 aliphatic rings. The number of aryl methyl sites for hydroxylation is 1. The van der Waals surface area contributed by atoms with Crippen LogP contribution in [-0.2, 0) is 0 Å². The molecule has 0 saturated heterocycles. The molecule has 1 aromatic carbocycles. The van der Waals surface area contributed by atoms with Crippen LogP contribution in [0, 0.1) is 12.8 Å². The van der Waals surface area contributed by atoms with Gasteiger partial charge in [0.1, 0.15) is 0 Å². The normalized spacial score (nSPS) is 16.7. The molecule has 19 heavy (non-hydrogen) atoms. The van der Waals surface area contributed by atoms with E-state index in [1.807, 2.05) is 6.92 Å². The van der Waals surface area contributed by atoms with E-state index in [2.05, 4.69) is 39.8 Å². The molecule has 1 N–H and O–H groups in total. The fourth-order valence-electron chi connectivity index (χ4n) is 3.00. The molecule has 2 aromatic rings.